The SMILES string of the molecule is CC(OC(=O)N[C@@H](C)P(=O)(O)CC(Cc1ccc(-c2ccccc2)cc1)C(=O)C[C@H](N)C(=O)O)OC(=O)C(C)C. The molecule has 2 rings (SSSR count). The lowest BCUT2D eigenvalue weighted by Crippen LogP contribution is -2.39. The van der Waals surface area contributed by atoms with Crippen molar-refractivity contribution in [1.82, 2.24) is 5.32 Å². The van der Waals surface area contributed by atoms with Crippen LogP contribution in [-0.4, -0.2) is 58.1 Å². The lowest BCUT2D eigenvalue weighted by molar-refractivity contribution is -0.168. The first-order valence-electron chi connectivity index (χ1n) is 12.8. The number of nitrogens with two attached hydrogens (primary N) is 1. The summed E-state index contributed by atoms with van der Waals surface area (Å²) in [7, 11) is -4.22. The number of carboxylic acids is 1. The Morgan fingerprint density at radius 2 is 1.50 bits per heavy atom. The molecule has 2 aromatic carbocycles. The van der Waals surface area contributed by atoms with Crippen LogP contribution in [0.15, 0.2) is 54.6 Å². The Hall–Kier alpha value is -3.53. The molecule has 0 bridgehead atoms. The van der Waals surface area contributed by atoms with Crippen LogP contribution in [0, 0.1) is 11.8 Å². The summed E-state index contributed by atoms with van der Waals surface area (Å²) in [5, 5.41) is 11.4. The van der Waals surface area contributed by atoms with Crippen LogP contribution >= 0.6 is 7.37 Å². The van der Waals surface area contributed by atoms with Crippen LogP contribution in [-0.2, 0) is 34.8 Å². The highest BCUT2D eigenvalue weighted by Gasteiger charge is 2.36. The van der Waals surface area contributed by atoms with Crippen LogP contribution in [0.25, 0.3) is 11.1 Å². The number of carbonyl (C=O) groups excluding carboxylic acids is 3. The molecule has 12 heteroatoms. The number of benzene rings is 2. The van der Waals surface area contributed by atoms with Crippen molar-refractivity contribution in [3.05, 3.63) is 60.2 Å². The van der Waals surface area contributed by atoms with Crippen molar-refractivity contribution in [2.75, 3.05) is 6.16 Å². The molecule has 2 aromatic rings. The number of carboxylic acid groups (broad SMARTS) is 1. The summed E-state index contributed by atoms with van der Waals surface area (Å²) >= 11 is 0. The Morgan fingerprint density at radius 3 is 2.05 bits per heavy atom. The van der Waals surface area contributed by atoms with E-state index in [1.165, 1.54) is 13.8 Å². The highest BCUT2D eigenvalue weighted by Crippen LogP contribution is 2.47. The summed E-state index contributed by atoms with van der Waals surface area (Å²) in [6, 6.07) is 15.5. The van der Waals surface area contributed by atoms with Crippen LogP contribution < -0.4 is 11.1 Å². The third-order valence-electron chi connectivity index (χ3n) is 6.18. The van der Waals surface area contributed by atoms with E-state index < -0.39 is 73.7 Å². The van der Waals surface area contributed by atoms with E-state index in [2.05, 4.69) is 5.32 Å². The first kappa shape index (κ1) is 32.7. The highest BCUT2D eigenvalue weighted by atomic mass is 31.2. The van der Waals surface area contributed by atoms with E-state index in [-0.39, 0.29) is 6.42 Å². The number of ether oxygens (including phenoxy) is 2. The first-order valence-corrected chi connectivity index (χ1v) is 14.8. The number of aliphatic carboxylic acids is 1. The van der Waals surface area contributed by atoms with Gasteiger partial charge < -0.3 is 30.5 Å². The summed E-state index contributed by atoms with van der Waals surface area (Å²) < 4.78 is 23.2. The fraction of sp³-hybridized carbons (Fsp3) is 0.429. The number of rotatable bonds is 14. The van der Waals surface area contributed by atoms with Crippen molar-refractivity contribution in [2.24, 2.45) is 17.6 Å². The van der Waals surface area contributed by atoms with Gasteiger partial charge in [-0.1, -0.05) is 68.4 Å². The topological polar surface area (TPSA) is 182 Å². The zero-order valence-electron chi connectivity index (χ0n) is 23.0. The van der Waals surface area contributed by atoms with Crippen LogP contribution in [0.4, 0.5) is 4.79 Å². The molecule has 0 aliphatic carbocycles. The van der Waals surface area contributed by atoms with Gasteiger partial charge in [0.15, 0.2) is 0 Å². The molecular weight excluding hydrogens is 539 g/mol. The van der Waals surface area contributed by atoms with Gasteiger partial charge in [0.2, 0.25) is 13.7 Å². The number of carbonyl (C=O) groups is 4. The van der Waals surface area contributed by atoms with Gasteiger partial charge in [-0.2, -0.15) is 0 Å². The number of hydrogen-bond donors (Lipinski definition) is 4. The molecule has 5 N–H and O–H groups in total. The summed E-state index contributed by atoms with van der Waals surface area (Å²) in [5.74, 6) is -5.34. The number of alkyl carbamates (subject to hydrolysis) is 1. The predicted molar refractivity (Wildman–Crippen MR) is 148 cm³/mol. The fourth-order valence-electron chi connectivity index (χ4n) is 3.75. The Kier molecular flexibility index (Phi) is 12.0. The molecule has 0 saturated carbocycles. The van der Waals surface area contributed by atoms with E-state index in [0.717, 1.165) is 11.1 Å². The van der Waals surface area contributed by atoms with Gasteiger partial charge in [0, 0.05) is 25.4 Å². The lowest BCUT2D eigenvalue weighted by atomic mass is 9.92. The number of Topliss-reactive ketones (excluding diaryl/α,β-unsaturated/α-hetero) is 1. The molecule has 0 heterocycles. The Labute approximate surface area is 233 Å². The molecule has 0 aliphatic heterocycles. The summed E-state index contributed by atoms with van der Waals surface area (Å²) in [5.41, 5.74) is 8.19. The average molecular weight is 577 g/mol. The van der Waals surface area contributed by atoms with Crippen LogP contribution in [0.1, 0.15) is 39.7 Å². The summed E-state index contributed by atoms with van der Waals surface area (Å²) in [4.78, 5) is 59.0. The normalized spacial score (nSPS) is 15.7. The minimum atomic E-state index is -4.22. The number of esters is 1. The van der Waals surface area contributed by atoms with E-state index in [1.54, 1.807) is 26.0 Å². The van der Waals surface area contributed by atoms with Gasteiger partial charge in [0.25, 0.3) is 0 Å². The van der Waals surface area contributed by atoms with Crippen molar-refractivity contribution >= 4 is 31.2 Å². The fourth-order valence-corrected chi connectivity index (χ4v) is 5.34. The number of amides is 1. The molecule has 3 unspecified atom stereocenters. The van der Waals surface area contributed by atoms with E-state index in [4.69, 9.17) is 20.3 Å². The first-order chi connectivity index (χ1) is 18.7. The van der Waals surface area contributed by atoms with Crippen molar-refractivity contribution < 1.29 is 43.2 Å². The van der Waals surface area contributed by atoms with Gasteiger partial charge in [0.1, 0.15) is 17.6 Å². The lowest BCUT2D eigenvalue weighted by Gasteiger charge is -2.25. The molecule has 0 aliphatic rings. The van der Waals surface area contributed by atoms with Crippen molar-refractivity contribution in [3.63, 3.8) is 0 Å². The molecule has 1 amide bonds. The molecule has 0 spiro atoms. The minimum Gasteiger partial charge on any atom is -0.480 e. The zero-order chi connectivity index (χ0) is 30.0. The largest absolute Gasteiger partial charge is 0.480 e. The highest BCUT2D eigenvalue weighted by molar-refractivity contribution is 7.58. The van der Waals surface area contributed by atoms with Crippen molar-refractivity contribution in [2.45, 2.75) is 58.7 Å². The molecule has 11 nitrogen and oxygen atoms in total. The van der Waals surface area contributed by atoms with Crippen LogP contribution in [0.5, 0.6) is 0 Å². The molecule has 218 valence electrons. The molecule has 0 fully saturated rings. The maximum absolute atomic E-state index is 13.3. The van der Waals surface area contributed by atoms with Crippen LogP contribution in [0.3, 0.4) is 0 Å². The van der Waals surface area contributed by atoms with Gasteiger partial charge >= 0.3 is 18.0 Å². The summed E-state index contributed by atoms with van der Waals surface area (Å²) in [6.45, 7) is 5.83. The molecule has 0 saturated heterocycles. The molecular formula is C28H37N2O9P. The van der Waals surface area contributed by atoms with Crippen LogP contribution in [0.2, 0.25) is 0 Å². The minimum absolute atomic E-state index is 0.0597. The quantitative estimate of drug-likeness (QED) is 0.147. The third-order valence-corrected chi connectivity index (χ3v) is 8.48. The second-order valence-electron chi connectivity index (χ2n) is 9.90. The van der Waals surface area contributed by atoms with E-state index >= 15 is 0 Å². The summed E-state index contributed by atoms with van der Waals surface area (Å²) in [6.07, 6.45) is -3.31. The second-order valence-corrected chi connectivity index (χ2v) is 12.6. The smallest absolute Gasteiger partial charge is 0.410 e. The van der Waals surface area contributed by atoms with Gasteiger partial charge in [-0.3, -0.25) is 18.9 Å². The number of hydrogen-bond acceptors (Lipinski definition) is 8. The van der Waals surface area contributed by atoms with Crippen molar-refractivity contribution in [3.8, 4) is 11.1 Å². The molecule has 40 heavy (non-hydrogen) atoms. The standard InChI is InChI=1S/C28H37N2O9P/c1-17(2)27(34)38-19(4)39-28(35)30-18(3)40(36,37)16-23(25(31)15-24(29)26(32)33)14-20-10-12-22(13-11-20)21-8-6-5-7-9-21/h5-13,17-19,23-24H,14-16,29H2,1-4H3,(H,30,35)(H,32,33)(H,36,37)/t18-,19?,23?,24+/m1/s1. The van der Waals surface area contributed by atoms with Gasteiger partial charge in [-0.15, -0.1) is 0 Å². The van der Waals surface area contributed by atoms with E-state index in [9.17, 15) is 28.6 Å². The van der Waals surface area contributed by atoms with Gasteiger partial charge in [-0.05, 0) is 30.0 Å². The molecule has 0 radical (unpaired) electrons. The Balaban J connectivity index is 2.14. The third kappa shape index (κ3) is 10.2. The van der Waals surface area contributed by atoms with E-state index in [1.807, 2.05) is 42.5 Å². The number of nitrogens with one attached hydrogen (secondary N) is 1. The van der Waals surface area contributed by atoms with Gasteiger partial charge in [-0.25, -0.2) is 4.79 Å². The monoisotopic (exact) mass is 576 g/mol. The Bertz CT molecular complexity index is 1220. The predicted octanol–water partition coefficient (Wildman–Crippen LogP) is 3.77. The maximum atomic E-state index is 13.3. The van der Waals surface area contributed by atoms with Crippen molar-refractivity contribution in [1.29, 1.82) is 0 Å². The number of ketones is 1. The Morgan fingerprint density at radius 1 is 0.925 bits per heavy atom. The zero-order valence-corrected chi connectivity index (χ0v) is 23.9. The molecule has 5 atom stereocenters. The maximum Gasteiger partial charge on any atom is 0.410 e. The average Bonchev–Trinajstić information content (AvgIpc) is 2.88. The molecule has 0 aromatic heterocycles. The van der Waals surface area contributed by atoms with Gasteiger partial charge in [0.05, 0.1) is 5.92 Å². The second kappa shape index (κ2) is 14.7. The van der Waals surface area contributed by atoms with E-state index in [0.29, 0.717) is 5.56 Å².